The Morgan fingerprint density at radius 2 is 1.74 bits per heavy atom. The third kappa shape index (κ3) is 3.46. The number of Topliss-reactive ketones (excluding diaryl/α,β-unsaturated/α-hetero) is 1. The zero-order chi connectivity index (χ0) is 27.1. The molecule has 7 heteroatoms. The molecule has 0 saturated heterocycles. The zero-order valence-corrected chi connectivity index (χ0v) is 21.8. The highest BCUT2D eigenvalue weighted by Crippen LogP contribution is 2.53. The lowest BCUT2D eigenvalue weighted by atomic mass is 9.78. The van der Waals surface area contributed by atoms with Crippen molar-refractivity contribution in [2.24, 2.45) is 0 Å². The minimum absolute atomic E-state index is 0.0884. The fourth-order valence-electron chi connectivity index (χ4n) is 6.51. The molecule has 1 heterocycles. The average Bonchev–Trinajstić information content (AvgIpc) is 2.83. The lowest BCUT2D eigenvalue weighted by molar-refractivity contribution is -0.00568. The number of ether oxygens (including phenoxy) is 2. The fraction of sp³-hybridized carbons (Fsp3) is 0.323. The lowest BCUT2D eigenvalue weighted by Gasteiger charge is -2.32. The van der Waals surface area contributed by atoms with Crippen LogP contribution in [0.15, 0.2) is 36.4 Å². The molecule has 0 fully saturated rings. The van der Waals surface area contributed by atoms with E-state index >= 15 is 0 Å². The number of ketones is 1. The molecule has 0 amide bonds. The Hall–Kier alpha value is -3.81. The molecule has 3 unspecified atom stereocenters. The van der Waals surface area contributed by atoms with Crippen molar-refractivity contribution in [3.63, 3.8) is 0 Å². The number of carbonyl (C=O) groups excluding carboxylic acids is 1. The zero-order valence-electron chi connectivity index (χ0n) is 21.8. The Morgan fingerprint density at radius 1 is 0.974 bits per heavy atom. The number of aromatic hydroxyl groups is 3. The highest BCUT2D eigenvalue weighted by molar-refractivity contribution is 6.13. The van der Waals surface area contributed by atoms with Crippen molar-refractivity contribution in [1.29, 1.82) is 0 Å². The average molecular weight is 515 g/mol. The number of aliphatic hydroxyl groups is 1. The summed E-state index contributed by atoms with van der Waals surface area (Å²) in [4.78, 5) is 12.9. The molecule has 0 saturated carbocycles. The van der Waals surface area contributed by atoms with E-state index < -0.39 is 11.7 Å². The van der Waals surface area contributed by atoms with Crippen LogP contribution < -0.4 is 4.74 Å². The van der Waals surface area contributed by atoms with Crippen LogP contribution in [0.25, 0.3) is 32.7 Å². The number of carbonyl (C=O) groups is 1. The van der Waals surface area contributed by atoms with Crippen molar-refractivity contribution in [3.05, 3.63) is 58.7 Å². The maximum absolute atomic E-state index is 12.9. The van der Waals surface area contributed by atoms with Gasteiger partial charge in [-0.2, -0.15) is 0 Å². The molecule has 0 radical (unpaired) electrons. The summed E-state index contributed by atoms with van der Waals surface area (Å²) in [5.41, 5.74) is 2.20. The van der Waals surface area contributed by atoms with E-state index in [9.17, 15) is 25.2 Å². The van der Waals surface area contributed by atoms with E-state index in [1.165, 1.54) is 0 Å². The number of phenolic OH excluding ortho intramolecular Hbond substituents is 3. The first-order valence-corrected chi connectivity index (χ1v) is 12.8. The van der Waals surface area contributed by atoms with E-state index in [0.29, 0.717) is 45.0 Å². The molecule has 1 aliphatic carbocycles. The fourth-order valence-corrected chi connectivity index (χ4v) is 6.51. The SMILES string of the molecule is COc1cccc2c(-c3ccc4cc5c(c(O)c4c3O)C(=O)CC(C)(O)C5)c3c(c(O)c12)C(C)OC(C)C3. The molecule has 196 valence electrons. The second-order valence-corrected chi connectivity index (χ2v) is 10.9. The summed E-state index contributed by atoms with van der Waals surface area (Å²) in [6.45, 7) is 5.46. The quantitative estimate of drug-likeness (QED) is 0.272. The molecule has 4 aromatic rings. The van der Waals surface area contributed by atoms with E-state index in [1.807, 2.05) is 26.0 Å². The molecule has 0 bridgehead atoms. The van der Waals surface area contributed by atoms with Gasteiger partial charge in [0.15, 0.2) is 5.78 Å². The van der Waals surface area contributed by atoms with Crippen molar-refractivity contribution in [2.75, 3.05) is 7.11 Å². The van der Waals surface area contributed by atoms with Gasteiger partial charge in [-0.05, 0) is 72.9 Å². The Kier molecular flexibility index (Phi) is 5.39. The highest BCUT2D eigenvalue weighted by Gasteiger charge is 2.37. The van der Waals surface area contributed by atoms with E-state index in [-0.39, 0.29) is 52.9 Å². The van der Waals surface area contributed by atoms with Gasteiger partial charge in [0.1, 0.15) is 23.0 Å². The lowest BCUT2D eigenvalue weighted by Crippen LogP contribution is -2.35. The first-order chi connectivity index (χ1) is 18.0. The number of fused-ring (bicyclic) bond motifs is 4. The summed E-state index contributed by atoms with van der Waals surface area (Å²) in [7, 11) is 1.54. The van der Waals surface area contributed by atoms with Crippen LogP contribution in [0.3, 0.4) is 0 Å². The van der Waals surface area contributed by atoms with Gasteiger partial charge in [0.05, 0.1) is 41.3 Å². The van der Waals surface area contributed by atoms with Crippen molar-refractivity contribution in [1.82, 2.24) is 0 Å². The maximum Gasteiger partial charge on any atom is 0.169 e. The summed E-state index contributed by atoms with van der Waals surface area (Å²) < 4.78 is 11.7. The molecule has 3 atom stereocenters. The highest BCUT2D eigenvalue weighted by atomic mass is 16.5. The van der Waals surface area contributed by atoms with E-state index in [4.69, 9.17) is 9.47 Å². The minimum Gasteiger partial charge on any atom is -0.507 e. The summed E-state index contributed by atoms with van der Waals surface area (Å²) in [6, 6.07) is 10.8. The number of methoxy groups -OCH3 is 1. The van der Waals surface area contributed by atoms with E-state index in [1.54, 1.807) is 38.3 Å². The third-order valence-corrected chi connectivity index (χ3v) is 7.96. The Labute approximate surface area is 219 Å². The van der Waals surface area contributed by atoms with Gasteiger partial charge < -0.3 is 29.9 Å². The molecular formula is C31H30O7. The van der Waals surface area contributed by atoms with Gasteiger partial charge >= 0.3 is 0 Å². The van der Waals surface area contributed by atoms with Crippen molar-refractivity contribution in [3.8, 4) is 34.1 Å². The smallest absolute Gasteiger partial charge is 0.169 e. The van der Waals surface area contributed by atoms with Gasteiger partial charge in [0.2, 0.25) is 0 Å². The van der Waals surface area contributed by atoms with Gasteiger partial charge in [0.25, 0.3) is 0 Å². The molecule has 0 spiro atoms. The Balaban J connectivity index is 1.71. The molecule has 4 N–H and O–H groups in total. The molecule has 4 aromatic carbocycles. The second kappa shape index (κ2) is 8.35. The Morgan fingerprint density at radius 3 is 2.47 bits per heavy atom. The maximum atomic E-state index is 12.9. The summed E-state index contributed by atoms with van der Waals surface area (Å²) in [5.74, 6) is -0.221. The van der Waals surface area contributed by atoms with Crippen molar-refractivity contribution in [2.45, 2.75) is 57.8 Å². The van der Waals surface area contributed by atoms with Crippen LogP contribution in [0.2, 0.25) is 0 Å². The molecule has 7 nitrogen and oxygen atoms in total. The standard InChI is InChI=1S/C31H30O7/c1-14-10-20-23(15(2)38-14)29(34)27-18(6-5-7-22(27)37-4)26(20)19-9-8-16-11-17-12-31(3,36)13-21(32)24(17)30(35)25(16)28(19)33/h5-9,11,14-15,33-36H,10,12-13H2,1-4H3. The van der Waals surface area contributed by atoms with Crippen LogP contribution in [0.5, 0.6) is 23.0 Å². The number of benzene rings is 4. The van der Waals surface area contributed by atoms with E-state index in [2.05, 4.69) is 0 Å². The minimum atomic E-state index is -1.19. The molecule has 38 heavy (non-hydrogen) atoms. The number of hydrogen-bond donors (Lipinski definition) is 4. The normalized spacial score (nSPS) is 22.9. The predicted molar refractivity (Wildman–Crippen MR) is 144 cm³/mol. The van der Waals surface area contributed by atoms with Crippen LogP contribution in [0.1, 0.15) is 60.3 Å². The van der Waals surface area contributed by atoms with Crippen molar-refractivity contribution >= 4 is 27.3 Å². The predicted octanol–water partition coefficient (Wildman–Crippen LogP) is 5.69. The first kappa shape index (κ1) is 24.5. The summed E-state index contributed by atoms with van der Waals surface area (Å²) >= 11 is 0. The van der Waals surface area contributed by atoms with Gasteiger partial charge in [-0.15, -0.1) is 0 Å². The van der Waals surface area contributed by atoms with Crippen LogP contribution in [-0.4, -0.2) is 45.0 Å². The van der Waals surface area contributed by atoms with Gasteiger partial charge in [0, 0.05) is 24.0 Å². The second-order valence-electron chi connectivity index (χ2n) is 10.9. The number of rotatable bonds is 2. The van der Waals surface area contributed by atoms with Crippen LogP contribution in [0, 0.1) is 0 Å². The first-order valence-electron chi connectivity index (χ1n) is 12.8. The number of phenols is 3. The Bertz CT molecular complexity index is 1670. The van der Waals surface area contributed by atoms with Crippen molar-refractivity contribution < 1.29 is 34.7 Å². The van der Waals surface area contributed by atoms with Crippen LogP contribution in [-0.2, 0) is 17.6 Å². The topological polar surface area (TPSA) is 116 Å². The monoisotopic (exact) mass is 514 g/mol. The summed E-state index contributed by atoms with van der Waals surface area (Å²) in [5, 5.41) is 46.9. The third-order valence-electron chi connectivity index (χ3n) is 7.96. The summed E-state index contributed by atoms with van der Waals surface area (Å²) in [6.07, 6.45) is 0.121. The molecular weight excluding hydrogens is 484 g/mol. The van der Waals surface area contributed by atoms with Crippen LogP contribution >= 0.6 is 0 Å². The molecule has 1 aliphatic heterocycles. The largest absolute Gasteiger partial charge is 0.507 e. The van der Waals surface area contributed by atoms with Gasteiger partial charge in [-0.3, -0.25) is 4.79 Å². The van der Waals surface area contributed by atoms with Gasteiger partial charge in [-0.25, -0.2) is 0 Å². The number of hydrogen-bond acceptors (Lipinski definition) is 7. The van der Waals surface area contributed by atoms with Gasteiger partial charge in [-0.1, -0.05) is 18.2 Å². The van der Waals surface area contributed by atoms with Crippen LogP contribution in [0.4, 0.5) is 0 Å². The molecule has 0 aromatic heterocycles. The van der Waals surface area contributed by atoms with E-state index in [0.717, 1.165) is 11.1 Å². The molecule has 6 rings (SSSR count). The molecule has 2 aliphatic rings.